The maximum absolute atomic E-state index is 8.89. The zero-order valence-electron chi connectivity index (χ0n) is 9.04. The van der Waals surface area contributed by atoms with Gasteiger partial charge in [-0.1, -0.05) is 30.1 Å². The molecule has 0 spiro atoms. The topological polar surface area (TPSA) is 55.5 Å². The van der Waals surface area contributed by atoms with Crippen LogP contribution in [0.5, 0.6) is 5.75 Å². The van der Waals surface area contributed by atoms with Gasteiger partial charge in [0.2, 0.25) is 0 Å². The van der Waals surface area contributed by atoms with E-state index in [1.807, 2.05) is 6.92 Å². The van der Waals surface area contributed by atoms with E-state index in [0.717, 1.165) is 5.56 Å². The second kappa shape index (κ2) is 6.30. The summed E-state index contributed by atoms with van der Waals surface area (Å²) < 4.78 is 5.54. The highest BCUT2D eigenvalue weighted by Gasteiger charge is 2.11. The molecule has 0 bridgehead atoms. The van der Waals surface area contributed by atoms with Crippen LogP contribution in [0.4, 0.5) is 0 Å². The molecule has 0 saturated heterocycles. The Morgan fingerprint density at radius 2 is 2.12 bits per heavy atom. The summed E-state index contributed by atoms with van der Waals surface area (Å²) in [5, 5.41) is 9.87. The van der Waals surface area contributed by atoms with Gasteiger partial charge in [0.15, 0.2) is 0 Å². The number of halogens is 2. The van der Waals surface area contributed by atoms with E-state index in [9.17, 15) is 0 Å². The minimum atomic E-state index is 0.0531. The normalized spacial score (nSPS) is 12.6. The van der Waals surface area contributed by atoms with Crippen LogP contribution < -0.4 is 10.5 Å². The molecule has 90 valence electrons. The standard InChI is InChI=1S/C11H15Cl2NO2/c1-7(5-15)6-16-11-8(4-14)2-9(12)3-10(11)13/h2-3,7,15H,4-6,14H2,1H3. The number of benzene rings is 1. The van der Waals surface area contributed by atoms with Gasteiger partial charge < -0.3 is 15.6 Å². The molecule has 0 heterocycles. The molecule has 5 heteroatoms. The molecular formula is C11H15Cl2NO2. The van der Waals surface area contributed by atoms with Crippen molar-refractivity contribution in [3.8, 4) is 5.75 Å². The average Bonchev–Trinajstić information content (AvgIpc) is 2.26. The molecule has 1 aromatic carbocycles. The number of ether oxygens (including phenoxy) is 1. The van der Waals surface area contributed by atoms with Crippen molar-refractivity contribution in [2.75, 3.05) is 13.2 Å². The number of nitrogens with two attached hydrogens (primary N) is 1. The van der Waals surface area contributed by atoms with Crippen molar-refractivity contribution in [2.24, 2.45) is 11.7 Å². The Morgan fingerprint density at radius 1 is 1.44 bits per heavy atom. The minimum absolute atomic E-state index is 0.0531. The Bertz CT molecular complexity index is 358. The van der Waals surface area contributed by atoms with Crippen molar-refractivity contribution in [1.29, 1.82) is 0 Å². The molecule has 3 N–H and O–H groups in total. The fourth-order valence-corrected chi connectivity index (χ4v) is 1.80. The summed E-state index contributed by atoms with van der Waals surface area (Å²) in [4.78, 5) is 0. The summed E-state index contributed by atoms with van der Waals surface area (Å²) in [6.07, 6.45) is 0. The van der Waals surface area contributed by atoms with Crippen molar-refractivity contribution in [3.63, 3.8) is 0 Å². The molecule has 1 aromatic rings. The van der Waals surface area contributed by atoms with Crippen LogP contribution in [0.2, 0.25) is 10.0 Å². The van der Waals surface area contributed by atoms with E-state index in [-0.39, 0.29) is 12.5 Å². The van der Waals surface area contributed by atoms with Gasteiger partial charge in [-0.2, -0.15) is 0 Å². The lowest BCUT2D eigenvalue weighted by Crippen LogP contribution is -2.13. The Balaban J connectivity index is 2.85. The summed E-state index contributed by atoms with van der Waals surface area (Å²) in [6, 6.07) is 3.34. The van der Waals surface area contributed by atoms with Gasteiger partial charge in [0.1, 0.15) is 5.75 Å². The number of hydrogen-bond donors (Lipinski definition) is 2. The molecular weight excluding hydrogens is 249 g/mol. The Morgan fingerprint density at radius 3 is 2.69 bits per heavy atom. The van der Waals surface area contributed by atoms with Gasteiger partial charge in [0, 0.05) is 29.7 Å². The van der Waals surface area contributed by atoms with Crippen LogP contribution in [0.1, 0.15) is 12.5 Å². The highest BCUT2D eigenvalue weighted by atomic mass is 35.5. The second-order valence-electron chi connectivity index (χ2n) is 3.68. The maximum atomic E-state index is 8.89. The lowest BCUT2D eigenvalue weighted by Gasteiger charge is -2.15. The first-order valence-corrected chi connectivity index (χ1v) is 5.75. The van der Waals surface area contributed by atoms with Gasteiger partial charge in [-0.3, -0.25) is 0 Å². The van der Waals surface area contributed by atoms with E-state index in [4.69, 9.17) is 38.8 Å². The number of aliphatic hydroxyl groups is 1. The third-order valence-electron chi connectivity index (χ3n) is 2.13. The summed E-state index contributed by atoms with van der Waals surface area (Å²) in [7, 11) is 0. The lowest BCUT2D eigenvalue weighted by molar-refractivity contribution is 0.173. The van der Waals surface area contributed by atoms with Gasteiger partial charge >= 0.3 is 0 Å². The molecule has 1 rings (SSSR count). The predicted molar refractivity (Wildman–Crippen MR) is 66.1 cm³/mol. The van der Waals surface area contributed by atoms with Crippen molar-refractivity contribution < 1.29 is 9.84 Å². The molecule has 0 amide bonds. The third-order valence-corrected chi connectivity index (χ3v) is 2.63. The van der Waals surface area contributed by atoms with Crippen molar-refractivity contribution in [1.82, 2.24) is 0 Å². The third kappa shape index (κ3) is 3.52. The Labute approximate surface area is 105 Å². The van der Waals surface area contributed by atoms with Crippen LogP contribution >= 0.6 is 23.2 Å². The van der Waals surface area contributed by atoms with Crippen LogP contribution in [0.3, 0.4) is 0 Å². The smallest absolute Gasteiger partial charge is 0.142 e. The molecule has 1 unspecified atom stereocenters. The monoisotopic (exact) mass is 263 g/mol. The Hall–Kier alpha value is -0.480. The van der Waals surface area contributed by atoms with Gasteiger partial charge in [-0.15, -0.1) is 0 Å². The SMILES string of the molecule is CC(CO)COc1c(Cl)cc(Cl)cc1CN. The van der Waals surface area contributed by atoms with Gasteiger partial charge in [0.05, 0.1) is 11.6 Å². The van der Waals surface area contributed by atoms with Crippen LogP contribution in [0, 0.1) is 5.92 Å². The van der Waals surface area contributed by atoms with E-state index >= 15 is 0 Å². The summed E-state index contributed by atoms with van der Waals surface area (Å²) in [6.45, 7) is 2.66. The first-order chi connectivity index (χ1) is 7.58. The van der Waals surface area contributed by atoms with E-state index in [0.29, 0.717) is 28.9 Å². The van der Waals surface area contributed by atoms with Crippen LogP contribution in [-0.2, 0) is 6.54 Å². The van der Waals surface area contributed by atoms with Crippen LogP contribution in [0.15, 0.2) is 12.1 Å². The fraction of sp³-hybridized carbons (Fsp3) is 0.455. The quantitative estimate of drug-likeness (QED) is 0.858. The molecule has 0 aliphatic heterocycles. The van der Waals surface area contributed by atoms with Crippen LogP contribution in [-0.4, -0.2) is 18.3 Å². The number of hydrogen-bond acceptors (Lipinski definition) is 3. The van der Waals surface area contributed by atoms with Gasteiger partial charge in [-0.05, 0) is 12.1 Å². The molecule has 1 atom stereocenters. The number of rotatable bonds is 5. The molecule has 0 fully saturated rings. The number of aliphatic hydroxyl groups excluding tert-OH is 1. The lowest BCUT2D eigenvalue weighted by atomic mass is 10.2. The summed E-state index contributed by atoms with van der Waals surface area (Å²) >= 11 is 11.9. The van der Waals surface area contributed by atoms with E-state index in [2.05, 4.69) is 0 Å². The maximum Gasteiger partial charge on any atom is 0.142 e. The average molecular weight is 264 g/mol. The van der Waals surface area contributed by atoms with E-state index in [1.165, 1.54) is 0 Å². The highest BCUT2D eigenvalue weighted by Crippen LogP contribution is 2.32. The molecule has 0 aliphatic carbocycles. The summed E-state index contributed by atoms with van der Waals surface area (Å²) in [5.74, 6) is 0.603. The summed E-state index contributed by atoms with van der Waals surface area (Å²) in [5.41, 5.74) is 6.35. The van der Waals surface area contributed by atoms with Crippen LogP contribution in [0.25, 0.3) is 0 Å². The molecule has 0 saturated carbocycles. The largest absolute Gasteiger partial charge is 0.491 e. The van der Waals surface area contributed by atoms with E-state index < -0.39 is 0 Å². The highest BCUT2D eigenvalue weighted by molar-refractivity contribution is 6.35. The molecule has 0 radical (unpaired) electrons. The molecule has 0 aromatic heterocycles. The second-order valence-corrected chi connectivity index (χ2v) is 4.52. The molecule has 16 heavy (non-hydrogen) atoms. The van der Waals surface area contributed by atoms with Crippen molar-refractivity contribution in [3.05, 3.63) is 27.7 Å². The molecule has 3 nitrogen and oxygen atoms in total. The Kier molecular flexibility index (Phi) is 5.35. The van der Waals surface area contributed by atoms with Crippen molar-refractivity contribution in [2.45, 2.75) is 13.5 Å². The first kappa shape index (κ1) is 13.6. The predicted octanol–water partition coefficient (Wildman–Crippen LogP) is 2.46. The minimum Gasteiger partial charge on any atom is -0.491 e. The van der Waals surface area contributed by atoms with Gasteiger partial charge in [-0.25, -0.2) is 0 Å². The van der Waals surface area contributed by atoms with Crippen molar-refractivity contribution >= 4 is 23.2 Å². The molecule has 0 aliphatic rings. The zero-order chi connectivity index (χ0) is 12.1. The zero-order valence-corrected chi connectivity index (χ0v) is 10.6. The first-order valence-electron chi connectivity index (χ1n) is 5.00. The van der Waals surface area contributed by atoms with Gasteiger partial charge in [0.25, 0.3) is 0 Å². The fourth-order valence-electron chi connectivity index (χ4n) is 1.21. The van der Waals surface area contributed by atoms with E-state index in [1.54, 1.807) is 12.1 Å².